The van der Waals surface area contributed by atoms with E-state index in [9.17, 15) is 15.0 Å². The summed E-state index contributed by atoms with van der Waals surface area (Å²) < 4.78 is 24.7. The minimum Gasteiger partial charge on any atom is -0.553 e. The predicted octanol–water partition coefficient (Wildman–Crippen LogP) is 2.58. The van der Waals surface area contributed by atoms with Crippen LogP contribution in [0.1, 0.15) is 0 Å². The molecule has 1 aromatic heterocycles. The molecule has 0 aliphatic carbocycles. The fourth-order valence-corrected chi connectivity index (χ4v) is 2.40. The second-order valence-electron chi connectivity index (χ2n) is 6.44. The van der Waals surface area contributed by atoms with Crippen LogP contribution < -0.4 is 15.1 Å². The van der Waals surface area contributed by atoms with Crippen molar-refractivity contribution in [1.29, 1.82) is 0 Å². The number of benzene rings is 2. The molecule has 0 radical (unpaired) electrons. The van der Waals surface area contributed by atoms with Crippen LogP contribution >= 0.6 is 0 Å². The van der Waals surface area contributed by atoms with Gasteiger partial charge >= 0.3 is 5.63 Å². The van der Waals surface area contributed by atoms with Crippen molar-refractivity contribution in [3.63, 3.8) is 0 Å². The molecule has 2 aromatic carbocycles. The van der Waals surface area contributed by atoms with Gasteiger partial charge in [0.2, 0.25) is 0 Å². The number of rotatable bonds is 10. The first-order chi connectivity index (χ1) is 15.0. The molecule has 0 bridgehead atoms. The molecular weight excluding hydrogens is 671 g/mol. The van der Waals surface area contributed by atoms with E-state index in [1.165, 1.54) is 6.07 Å². The van der Waals surface area contributed by atoms with Gasteiger partial charge in [-0.2, -0.15) is 0 Å². The van der Waals surface area contributed by atoms with Gasteiger partial charge in [0.05, 0.1) is 0 Å². The first-order valence-corrected chi connectivity index (χ1v) is 9.46. The summed E-state index contributed by atoms with van der Waals surface area (Å²) in [5.74, 6) is 1.26. The molecule has 0 saturated carbocycles. The number of hydrogen-bond donors (Lipinski definition) is 2. The molecule has 0 aliphatic rings. The standard InChI is InChI=1S/C13H13O5.C10H13O3.Rf/c1-16-7-10(14)8-17-11-4-2-9-3-5-13(15)18-12(9)6-11;1-12-7-9(11)8-13-10-5-3-2-4-6-10;/h2-6,10,14H,1,7-8H2;2-6,9,11H,1,7-8H2;/q2*-1;. The monoisotopic (exact) mass is 697 g/mol. The molecule has 8 nitrogen and oxygen atoms in total. The Kier molecular flexibility index (Phi) is 11.6. The Morgan fingerprint density at radius 3 is 1.94 bits per heavy atom. The maximum absolute atomic E-state index is 11.1. The topological polar surface area (TPSA) is 108 Å². The Morgan fingerprint density at radius 2 is 1.34 bits per heavy atom. The van der Waals surface area contributed by atoms with Crippen molar-refractivity contribution >= 4 is 11.0 Å². The SMILES string of the molecule is [CH2-]OCC(O)COc1ccc2ccc(=O)oc2c1.[CH2-]OCC(O)COc1ccccc1.[Rf]. The first kappa shape index (κ1) is 26.1. The molecule has 32 heavy (non-hydrogen) atoms. The number of fused-ring (bicyclic) bond motifs is 1. The van der Waals surface area contributed by atoms with E-state index >= 15 is 0 Å². The molecule has 9 heteroatoms. The Morgan fingerprint density at radius 1 is 0.781 bits per heavy atom. The Labute approximate surface area is 180 Å². The first-order valence-electron chi connectivity index (χ1n) is 9.46. The molecule has 0 aliphatic heterocycles. The minimum atomic E-state index is -0.749. The molecule has 1 heterocycles. The minimum absolute atomic E-state index is 0. The van der Waals surface area contributed by atoms with Gasteiger partial charge in [0.15, 0.2) is 0 Å². The van der Waals surface area contributed by atoms with Crippen LogP contribution in [0.3, 0.4) is 0 Å². The van der Waals surface area contributed by atoms with E-state index in [2.05, 4.69) is 23.7 Å². The van der Waals surface area contributed by atoms with Crippen LogP contribution in [-0.4, -0.2) is 48.8 Å². The van der Waals surface area contributed by atoms with Gasteiger partial charge in [-0.15, -0.1) is 0 Å². The van der Waals surface area contributed by atoms with Crippen molar-refractivity contribution < 1.29 is 33.6 Å². The smallest absolute Gasteiger partial charge is 0.336 e. The summed E-state index contributed by atoms with van der Waals surface area (Å²) in [6.07, 6.45) is -1.38. The second kappa shape index (κ2) is 14.2. The molecule has 170 valence electrons. The zero-order valence-corrected chi connectivity index (χ0v) is 24.1. The maximum Gasteiger partial charge on any atom is 0.336 e. The number of para-hydroxylation sites is 1. The molecule has 2 N–H and O–H groups in total. The number of aliphatic hydroxyl groups excluding tert-OH is 2. The zero-order chi connectivity index (χ0) is 22.5. The van der Waals surface area contributed by atoms with E-state index in [0.717, 1.165) is 11.1 Å². The van der Waals surface area contributed by atoms with E-state index < -0.39 is 17.8 Å². The molecule has 0 saturated heterocycles. The molecule has 3 rings (SSSR count). The number of aliphatic hydroxyl groups is 2. The van der Waals surface area contributed by atoms with Gasteiger partial charge < -0.3 is 33.6 Å². The Balaban J connectivity index is 0.000000327. The van der Waals surface area contributed by atoms with E-state index in [1.807, 2.05) is 30.3 Å². The molecule has 0 spiro atoms. The van der Waals surface area contributed by atoms with Crippen molar-refractivity contribution in [3.05, 3.63) is 85.3 Å². The fourth-order valence-electron chi connectivity index (χ4n) is 2.40. The summed E-state index contributed by atoms with van der Waals surface area (Å²) in [7, 11) is 6.33. The summed E-state index contributed by atoms with van der Waals surface area (Å²) in [5.41, 5.74) is 0.0352. The number of ether oxygens (including phenoxy) is 4. The van der Waals surface area contributed by atoms with Crippen LogP contribution in [0.25, 0.3) is 11.0 Å². The van der Waals surface area contributed by atoms with Gasteiger partial charge in [0.1, 0.15) is 42.5 Å². The normalized spacial score (nSPS) is 12.1. The van der Waals surface area contributed by atoms with Crippen LogP contribution in [0, 0.1) is 14.2 Å². The van der Waals surface area contributed by atoms with Crippen molar-refractivity contribution in [3.8, 4) is 11.5 Å². The van der Waals surface area contributed by atoms with Gasteiger partial charge in [0.25, 0.3) is 0 Å². The summed E-state index contributed by atoms with van der Waals surface area (Å²) >= 11 is 0. The molecular formula is C23H26O8Rf-2. The van der Waals surface area contributed by atoms with Gasteiger partial charge in [-0.05, 0) is 30.3 Å². The van der Waals surface area contributed by atoms with Crippen molar-refractivity contribution in [1.82, 2.24) is 0 Å². The average Bonchev–Trinajstić information content (AvgIpc) is 2.77. The number of hydrogen-bond acceptors (Lipinski definition) is 8. The predicted molar refractivity (Wildman–Crippen MR) is 115 cm³/mol. The third-order valence-electron chi connectivity index (χ3n) is 3.84. The molecule has 3 aromatic rings. The van der Waals surface area contributed by atoms with Crippen LogP contribution in [-0.2, 0) is 9.47 Å². The van der Waals surface area contributed by atoms with E-state index in [1.54, 1.807) is 24.3 Å². The van der Waals surface area contributed by atoms with Crippen LogP contribution in [0.5, 0.6) is 11.5 Å². The summed E-state index contributed by atoms with van der Waals surface area (Å²) in [5, 5.41) is 19.4. The second-order valence-corrected chi connectivity index (χ2v) is 6.44. The van der Waals surface area contributed by atoms with Crippen LogP contribution in [0.15, 0.2) is 69.9 Å². The Bertz CT molecular complexity index is 947. The van der Waals surface area contributed by atoms with Gasteiger partial charge in [-0.1, -0.05) is 18.2 Å². The zero-order valence-electron chi connectivity index (χ0n) is 17.7. The Hall–Kier alpha value is -3.91. The van der Waals surface area contributed by atoms with E-state index in [4.69, 9.17) is 13.9 Å². The molecule has 0 fully saturated rings. The van der Waals surface area contributed by atoms with Crippen molar-refractivity contribution in [2.75, 3.05) is 26.4 Å². The van der Waals surface area contributed by atoms with Gasteiger partial charge in [0, 0.05) is 30.7 Å². The van der Waals surface area contributed by atoms with Gasteiger partial charge in [-0.25, -0.2) is 19.0 Å². The summed E-state index contributed by atoms with van der Waals surface area (Å²) in [6, 6.07) is 17.5. The van der Waals surface area contributed by atoms with Crippen molar-refractivity contribution in [2.45, 2.75) is 12.2 Å². The molecule has 2 unspecified atom stereocenters. The third-order valence-corrected chi connectivity index (χ3v) is 3.84. The fraction of sp³-hybridized carbons (Fsp3) is 0.261. The molecule has 2 atom stereocenters. The van der Waals surface area contributed by atoms with E-state index in [0.29, 0.717) is 11.3 Å². The summed E-state index contributed by atoms with van der Waals surface area (Å²) in [4.78, 5) is 11.1. The van der Waals surface area contributed by atoms with Crippen molar-refractivity contribution in [2.24, 2.45) is 0 Å². The van der Waals surface area contributed by atoms with Crippen LogP contribution in [0.2, 0.25) is 0 Å². The molecule has 0 amide bonds. The van der Waals surface area contributed by atoms with Gasteiger partial charge in [-0.3, -0.25) is 0 Å². The quantitative estimate of drug-likeness (QED) is 0.246. The largest absolute Gasteiger partial charge is 0.553 e. The van der Waals surface area contributed by atoms with E-state index in [-0.39, 0.29) is 26.4 Å². The maximum atomic E-state index is 11.1. The summed E-state index contributed by atoms with van der Waals surface area (Å²) in [6.45, 7) is 0.590. The average molecular weight is 697 g/mol. The van der Waals surface area contributed by atoms with Crippen LogP contribution in [0.4, 0.5) is 0 Å². The third kappa shape index (κ3) is 9.27.